The summed E-state index contributed by atoms with van der Waals surface area (Å²) in [6, 6.07) is 11.4. The monoisotopic (exact) mass is 343 g/mol. The Morgan fingerprint density at radius 3 is 2.64 bits per heavy atom. The molecule has 1 aliphatic rings. The van der Waals surface area contributed by atoms with Crippen LogP contribution in [0.4, 0.5) is 8.78 Å². The van der Waals surface area contributed by atoms with Gasteiger partial charge in [0.05, 0.1) is 11.0 Å². The Kier molecular flexibility index (Phi) is 4.13. The lowest BCUT2D eigenvalue weighted by molar-refractivity contribution is 0.178. The third-order valence-electron chi connectivity index (χ3n) is 4.95. The van der Waals surface area contributed by atoms with E-state index in [0.29, 0.717) is 12.1 Å². The van der Waals surface area contributed by atoms with Crippen LogP contribution >= 0.6 is 0 Å². The molecule has 6 heteroatoms. The van der Waals surface area contributed by atoms with E-state index in [4.69, 9.17) is 0 Å². The molecule has 1 saturated heterocycles. The predicted octanol–water partition coefficient (Wildman–Crippen LogP) is 3.44. The smallest absolute Gasteiger partial charge is 0.306 e. The van der Waals surface area contributed by atoms with Crippen LogP contribution in [0.5, 0.6) is 0 Å². The fourth-order valence-corrected chi connectivity index (χ4v) is 3.68. The topological polar surface area (TPSA) is 41.0 Å². The number of para-hydroxylation sites is 2. The van der Waals surface area contributed by atoms with Crippen LogP contribution in [0.3, 0.4) is 0 Å². The normalized spacial score (nSPS) is 16.6. The number of hydrogen-bond acceptors (Lipinski definition) is 2. The molecule has 1 aliphatic heterocycles. The fourth-order valence-electron chi connectivity index (χ4n) is 3.68. The van der Waals surface area contributed by atoms with E-state index in [2.05, 4.69) is 9.88 Å². The minimum absolute atomic E-state index is 0.0872. The predicted molar refractivity (Wildman–Crippen MR) is 92.5 cm³/mol. The lowest BCUT2D eigenvalue weighted by Crippen LogP contribution is -2.36. The molecule has 1 fully saturated rings. The van der Waals surface area contributed by atoms with Crippen molar-refractivity contribution in [2.24, 2.45) is 0 Å². The number of aromatic nitrogens is 2. The molecule has 0 bridgehead atoms. The minimum atomic E-state index is -0.420. The molecule has 1 aromatic heterocycles. The molecule has 1 N–H and O–H groups in total. The van der Waals surface area contributed by atoms with E-state index in [9.17, 15) is 13.6 Å². The maximum absolute atomic E-state index is 13.8. The van der Waals surface area contributed by atoms with Crippen LogP contribution in [0.25, 0.3) is 11.0 Å². The van der Waals surface area contributed by atoms with Crippen LogP contribution in [-0.4, -0.2) is 27.5 Å². The van der Waals surface area contributed by atoms with Crippen LogP contribution in [0.15, 0.2) is 47.3 Å². The lowest BCUT2D eigenvalue weighted by Gasteiger charge is -2.32. The van der Waals surface area contributed by atoms with Crippen molar-refractivity contribution in [3.05, 3.63) is 70.1 Å². The molecule has 0 saturated carbocycles. The average molecular weight is 343 g/mol. The maximum atomic E-state index is 13.8. The van der Waals surface area contributed by atoms with Gasteiger partial charge in [0, 0.05) is 31.2 Å². The second-order valence-corrected chi connectivity index (χ2v) is 6.56. The Balaban J connectivity index is 1.49. The van der Waals surface area contributed by atoms with Gasteiger partial charge in [-0.25, -0.2) is 13.6 Å². The van der Waals surface area contributed by atoms with E-state index in [1.165, 1.54) is 12.1 Å². The summed E-state index contributed by atoms with van der Waals surface area (Å²) in [7, 11) is 0. The highest BCUT2D eigenvalue weighted by Gasteiger charge is 2.24. The minimum Gasteiger partial charge on any atom is -0.306 e. The van der Waals surface area contributed by atoms with E-state index in [1.807, 2.05) is 28.8 Å². The van der Waals surface area contributed by atoms with Crippen molar-refractivity contribution in [1.82, 2.24) is 14.5 Å². The van der Waals surface area contributed by atoms with Gasteiger partial charge < -0.3 is 4.98 Å². The van der Waals surface area contributed by atoms with Crippen molar-refractivity contribution in [1.29, 1.82) is 0 Å². The van der Waals surface area contributed by atoms with E-state index in [0.717, 1.165) is 43.0 Å². The SMILES string of the molecule is O=c1[nH]c2ccccc2n1C1CCN(Cc2cc(F)ccc2F)CC1. The van der Waals surface area contributed by atoms with Crippen molar-refractivity contribution in [3.8, 4) is 0 Å². The van der Waals surface area contributed by atoms with E-state index >= 15 is 0 Å². The highest BCUT2D eigenvalue weighted by atomic mass is 19.1. The fraction of sp³-hybridized carbons (Fsp3) is 0.316. The standard InChI is InChI=1S/C19H19F2N3O/c20-14-5-6-16(21)13(11-14)12-23-9-7-15(8-10-23)24-18-4-2-1-3-17(18)22-19(24)25/h1-6,11,15H,7-10,12H2,(H,22,25). The van der Waals surface area contributed by atoms with Crippen LogP contribution in [0.1, 0.15) is 24.4 Å². The third-order valence-corrected chi connectivity index (χ3v) is 4.95. The van der Waals surface area contributed by atoms with E-state index < -0.39 is 5.82 Å². The van der Waals surface area contributed by atoms with Gasteiger partial charge in [0.25, 0.3) is 0 Å². The summed E-state index contributed by atoms with van der Waals surface area (Å²) >= 11 is 0. The summed E-state index contributed by atoms with van der Waals surface area (Å²) in [5.74, 6) is -0.798. The Morgan fingerprint density at radius 1 is 1.08 bits per heavy atom. The first-order chi connectivity index (χ1) is 12.1. The largest absolute Gasteiger partial charge is 0.326 e. The molecule has 2 aromatic carbocycles. The lowest BCUT2D eigenvalue weighted by atomic mass is 10.0. The summed E-state index contributed by atoms with van der Waals surface area (Å²) in [4.78, 5) is 17.3. The number of H-pyrrole nitrogens is 1. The first-order valence-electron chi connectivity index (χ1n) is 8.47. The zero-order chi connectivity index (χ0) is 17.4. The first kappa shape index (κ1) is 16.0. The molecule has 3 aromatic rings. The molecule has 0 aliphatic carbocycles. The first-order valence-corrected chi connectivity index (χ1v) is 8.47. The van der Waals surface area contributed by atoms with Gasteiger partial charge in [0.15, 0.2) is 0 Å². The molecule has 0 amide bonds. The number of fused-ring (bicyclic) bond motifs is 1. The number of rotatable bonds is 3. The number of aromatic amines is 1. The number of nitrogens with one attached hydrogen (secondary N) is 1. The summed E-state index contributed by atoms with van der Waals surface area (Å²) in [6.45, 7) is 1.87. The highest BCUT2D eigenvalue weighted by Crippen LogP contribution is 2.26. The molecule has 2 heterocycles. The second-order valence-electron chi connectivity index (χ2n) is 6.56. The van der Waals surface area contributed by atoms with E-state index in [1.54, 1.807) is 0 Å². The molecule has 25 heavy (non-hydrogen) atoms. The Bertz CT molecular complexity index is 955. The number of likely N-dealkylation sites (tertiary alicyclic amines) is 1. The molecule has 0 atom stereocenters. The van der Waals surface area contributed by atoms with Crippen molar-refractivity contribution in [2.75, 3.05) is 13.1 Å². The Morgan fingerprint density at radius 2 is 1.84 bits per heavy atom. The average Bonchev–Trinajstić information content (AvgIpc) is 2.95. The van der Waals surface area contributed by atoms with Gasteiger partial charge in [-0.05, 0) is 43.2 Å². The highest BCUT2D eigenvalue weighted by molar-refractivity contribution is 5.75. The molecular weight excluding hydrogens is 324 g/mol. The number of benzene rings is 2. The Hall–Kier alpha value is -2.47. The van der Waals surface area contributed by atoms with Crippen LogP contribution in [-0.2, 0) is 6.54 Å². The zero-order valence-electron chi connectivity index (χ0n) is 13.7. The molecule has 130 valence electrons. The summed E-state index contributed by atoms with van der Waals surface area (Å²) in [6.07, 6.45) is 1.61. The van der Waals surface area contributed by atoms with Crippen LogP contribution < -0.4 is 5.69 Å². The quantitative estimate of drug-likeness (QED) is 0.791. The second kappa shape index (κ2) is 6.44. The summed E-state index contributed by atoms with van der Waals surface area (Å²) in [5.41, 5.74) is 2.05. The number of halogens is 2. The van der Waals surface area contributed by atoms with Crippen molar-refractivity contribution >= 4 is 11.0 Å². The molecule has 4 nitrogen and oxygen atoms in total. The number of hydrogen-bond donors (Lipinski definition) is 1. The Labute approximate surface area is 143 Å². The van der Waals surface area contributed by atoms with Gasteiger partial charge >= 0.3 is 5.69 Å². The molecule has 4 rings (SSSR count). The molecule has 0 spiro atoms. The van der Waals surface area contributed by atoms with Crippen LogP contribution in [0, 0.1) is 11.6 Å². The number of piperidine rings is 1. The summed E-state index contributed by atoms with van der Waals surface area (Å²) in [5, 5.41) is 0. The molecular formula is C19H19F2N3O. The van der Waals surface area contributed by atoms with Gasteiger partial charge in [-0.2, -0.15) is 0 Å². The van der Waals surface area contributed by atoms with Crippen LogP contribution in [0.2, 0.25) is 0 Å². The van der Waals surface area contributed by atoms with Gasteiger partial charge in [-0.15, -0.1) is 0 Å². The maximum Gasteiger partial charge on any atom is 0.326 e. The summed E-state index contributed by atoms with van der Waals surface area (Å²) < 4.78 is 29.0. The van der Waals surface area contributed by atoms with Crippen molar-refractivity contribution < 1.29 is 8.78 Å². The third kappa shape index (κ3) is 3.09. The van der Waals surface area contributed by atoms with Gasteiger partial charge in [0.2, 0.25) is 0 Å². The molecule has 0 radical (unpaired) electrons. The van der Waals surface area contributed by atoms with Gasteiger partial charge in [-0.3, -0.25) is 9.47 Å². The van der Waals surface area contributed by atoms with Crippen molar-refractivity contribution in [2.45, 2.75) is 25.4 Å². The zero-order valence-corrected chi connectivity index (χ0v) is 13.7. The number of nitrogens with zero attached hydrogens (tertiary/aromatic N) is 2. The van der Waals surface area contributed by atoms with Gasteiger partial charge in [0.1, 0.15) is 11.6 Å². The number of imidazole rings is 1. The molecule has 0 unspecified atom stereocenters. The van der Waals surface area contributed by atoms with Gasteiger partial charge in [-0.1, -0.05) is 12.1 Å². The van der Waals surface area contributed by atoms with Crippen molar-refractivity contribution in [3.63, 3.8) is 0 Å². The van der Waals surface area contributed by atoms with E-state index in [-0.39, 0.29) is 17.5 Å².